The molecule has 0 aromatic rings. The van der Waals surface area contributed by atoms with Crippen molar-refractivity contribution >= 4 is 34.9 Å². The molecule has 3 nitrogen and oxygen atoms in total. The van der Waals surface area contributed by atoms with Crippen molar-refractivity contribution in [3.8, 4) is 0 Å². The highest BCUT2D eigenvalue weighted by Crippen LogP contribution is 2.56. The first-order valence-corrected chi connectivity index (χ1v) is 12.8. The molecule has 0 bridgehead atoms. The van der Waals surface area contributed by atoms with Crippen molar-refractivity contribution in [3.63, 3.8) is 0 Å². The van der Waals surface area contributed by atoms with E-state index >= 15 is 0 Å². The van der Waals surface area contributed by atoms with Crippen LogP contribution in [0.1, 0.15) is 41.0 Å². The minimum absolute atomic E-state index is 0.0366. The van der Waals surface area contributed by atoms with Crippen LogP contribution in [0.3, 0.4) is 0 Å². The topological polar surface area (TPSA) is 49.7 Å². The number of aliphatic hydroxyl groups excluding tert-OH is 1. The van der Waals surface area contributed by atoms with Gasteiger partial charge in [0.05, 0.1) is 17.0 Å². The molecule has 0 aromatic heterocycles. The van der Waals surface area contributed by atoms with Crippen molar-refractivity contribution in [2.45, 2.75) is 70.0 Å². The van der Waals surface area contributed by atoms with Crippen LogP contribution in [0.4, 0.5) is 0 Å². The fraction of sp³-hybridized carbons (Fsp3) is 0.875. The first-order valence-electron chi connectivity index (χ1n) is 8.36. The number of hydrogen-bond acceptors (Lipinski definition) is 3. The highest BCUT2D eigenvalue weighted by atomic mass is 31.2. The summed E-state index contributed by atoms with van der Waals surface area (Å²) in [6.07, 6.45) is 10.8. The zero-order valence-corrected chi connectivity index (χ0v) is 17.1. The van der Waals surface area contributed by atoms with Gasteiger partial charge in [0.1, 0.15) is 14.0 Å². The van der Waals surface area contributed by atoms with E-state index in [1.54, 1.807) is 6.92 Å². The summed E-state index contributed by atoms with van der Waals surface area (Å²) in [6.45, 7) is 9.20. The summed E-state index contributed by atoms with van der Waals surface area (Å²) in [5.41, 5.74) is -1.06. The molecule has 130 valence electrons. The molecule has 0 aromatic carbocycles. The third-order valence-electron chi connectivity index (χ3n) is 5.70. The van der Waals surface area contributed by atoms with Gasteiger partial charge in [-0.25, -0.2) is 0 Å². The number of rotatable bonds is 7. The normalized spacial score (nSPS) is 34.8. The molecule has 1 aliphatic rings. The van der Waals surface area contributed by atoms with Crippen LogP contribution in [0.2, 0.25) is 5.82 Å². The van der Waals surface area contributed by atoms with Crippen LogP contribution in [0.15, 0.2) is 0 Å². The third kappa shape index (κ3) is 4.34. The first kappa shape index (κ1) is 20.6. The monoisotopic (exact) mass is 348 g/mol. The second kappa shape index (κ2) is 7.20. The van der Waals surface area contributed by atoms with Gasteiger partial charge in [0.25, 0.3) is 0 Å². The molecule has 1 aliphatic carbocycles. The number of ether oxygens (including phenoxy) is 1. The minimum atomic E-state index is -1.14. The molecule has 1 fully saturated rings. The maximum absolute atomic E-state index is 10.4. The molecule has 2 N–H and O–H groups in total. The lowest BCUT2D eigenvalue weighted by Crippen LogP contribution is -2.43. The maximum Gasteiger partial charge on any atom is 0.109 e. The zero-order valence-electron chi connectivity index (χ0n) is 15.2. The molecule has 5 atom stereocenters. The molecule has 1 rings (SSSR count). The van der Waals surface area contributed by atoms with E-state index in [1.807, 2.05) is 7.85 Å². The standard InChI is InChI=1S/C16H35BO3P2/c1-8-22(7,9-2)11-21(6)15(3,4)20-12-10-13(17)16(5,19)14(12)18/h12-14,18-19,21H,6-11,17H2,1-5H3/t12-,13+,14+,16-/m0/s1. The van der Waals surface area contributed by atoms with Crippen LogP contribution in [0.5, 0.6) is 0 Å². The SMILES string of the molecule is B[C@@H]1C[C@H](OC(C)(C)[PH](=C)CP(=C)(CC)CC)[C@@H](O)[C@@]1(C)O. The van der Waals surface area contributed by atoms with E-state index in [2.05, 4.69) is 40.3 Å². The zero-order chi connectivity index (χ0) is 17.3. The van der Waals surface area contributed by atoms with Crippen LogP contribution >= 0.6 is 14.4 Å². The van der Waals surface area contributed by atoms with E-state index in [0.29, 0.717) is 6.42 Å². The molecule has 22 heavy (non-hydrogen) atoms. The summed E-state index contributed by atoms with van der Waals surface area (Å²) < 4.78 is 6.28. The van der Waals surface area contributed by atoms with Gasteiger partial charge in [-0.1, -0.05) is 21.4 Å². The van der Waals surface area contributed by atoms with Gasteiger partial charge in [0, 0.05) is 0 Å². The Kier molecular flexibility index (Phi) is 6.74. The first-order chi connectivity index (χ1) is 9.89. The lowest BCUT2D eigenvalue weighted by molar-refractivity contribution is -0.116. The van der Waals surface area contributed by atoms with Crippen LogP contribution < -0.4 is 0 Å². The second-order valence-electron chi connectivity index (χ2n) is 7.71. The van der Waals surface area contributed by atoms with Gasteiger partial charge in [-0.15, -0.1) is 19.5 Å². The van der Waals surface area contributed by atoms with Crippen molar-refractivity contribution in [3.05, 3.63) is 0 Å². The average Bonchev–Trinajstić information content (AvgIpc) is 2.61. The van der Waals surface area contributed by atoms with Crippen molar-refractivity contribution in [1.82, 2.24) is 0 Å². The van der Waals surface area contributed by atoms with E-state index < -0.39 is 26.1 Å². The molecule has 6 heteroatoms. The summed E-state index contributed by atoms with van der Waals surface area (Å²) in [4.78, 5) is 0. The van der Waals surface area contributed by atoms with Gasteiger partial charge in [-0.05, 0) is 51.2 Å². The summed E-state index contributed by atoms with van der Waals surface area (Å²) in [6, 6.07) is 0. The predicted octanol–water partition coefficient (Wildman–Crippen LogP) is 2.14. The summed E-state index contributed by atoms with van der Waals surface area (Å²) in [7, 11) is 0.979. The van der Waals surface area contributed by atoms with Crippen LogP contribution in [-0.2, 0) is 4.74 Å². The second-order valence-corrected chi connectivity index (χ2v) is 15.3. The predicted molar refractivity (Wildman–Crippen MR) is 108 cm³/mol. The quantitative estimate of drug-likeness (QED) is 0.548. The Bertz CT molecular complexity index is 454. The van der Waals surface area contributed by atoms with Crippen molar-refractivity contribution < 1.29 is 14.9 Å². The number of aliphatic hydroxyl groups is 2. The lowest BCUT2D eigenvalue weighted by atomic mass is 9.76. The average molecular weight is 348 g/mol. The summed E-state index contributed by atoms with van der Waals surface area (Å²) in [5.74, 6) is 1.14. The third-order valence-corrected chi connectivity index (χ3v) is 14.4. The fourth-order valence-electron chi connectivity index (χ4n) is 3.00. The van der Waals surface area contributed by atoms with Crippen LogP contribution in [0, 0.1) is 0 Å². The van der Waals surface area contributed by atoms with E-state index in [-0.39, 0.29) is 17.3 Å². The van der Waals surface area contributed by atoms with E-state index in [4.69, 9.17) is 4.74 Å². The Labute approximate surface area is 138 Å². The Hall–Kier alpha value is 0.545. The molecule has 0 radical (unpaired) electrons. The molecule has 1 saturated carbocycles. The smallest absolute Gasteiger partial charge is 0.109 e. The van der Waals surface area contributed by atoms with Crippen LogP contribution in [0.25, 0.3) is 0 Å². The lowest BCUT2D eigenvalue weighted by Gasteiger charge is -2.37. The van der Waals surface area contributed by atoms with Crippen molar-refractivity contribution in [2.24, 2.45) is 0 Å². The highest BCUT2D eigenvalue weighted by molar-refractivity contribution is 7.83. The largest absolute Gasteiger partial charge is 0.388 e. The minimum Gasteiger partial charge on any atom is -0.388 e. The Morgan fingerprint density at radius 3 is 2.27 bits per heavy atom. The molecule has 0 spiro atoms. The molecule has 0 aliphatic heterocycles. The molecule has 0 saturated heterocycles. The Morgan fingerprint density at radius 2 is 1.91 bits per heavy atom. The fourth-order valence-corrected chi connectivity index (χ4v) is 10.3. The van der Waals surface area contributed by atoms with Crippen molar-refractivity contribution in [2.75, 3.05) is 18.2 Å². The highest BCUT2D eigenvalue weighted by Gasteiger charge is 2.50. The summed E-state index contributed by atoms with van der Waals surface area (Å²) in [5, 5.41) is 20.4. The molecular formula is C16H35BO3P2. The van der Waals surface area contributed by atoms with Crippen LogP contribution in [-0.4, -0.2) is 72.0 Å². The molecule has 1 unspecified atom stereocenters. The maximum atomic E-state index is 10.4. The molecular weight excluding hydrogens is 313 g/mol. The van der Waals surface area contributed by atoms with Gasteiger partial charge in [0.2, 0.25) is 0 Å². The van der Waals surface area contributed by atoms with E-state index in [1.165, 1.54) is 0 Å². The van der Waals surface area contributed by atoms with Gasteiger partial charge >= 0.3 is 0 Å². The molecule has 0 heterocycles. The van der Waals surface area contributed by atoms with Crippen molar-refractivity contribution in [1.29, 1.82) is 0 Å². The number of hydrogen-bond donors (Lipinski definition) is 2. The van der Waals surface area contributed by atoms with Gasteiger partial charge < -0.3 is 14.9 Å². The van der Waals surface area contributed by atoms with Gasteiger partial charge in [-0.3, -0.25) is 0 Å². The summed E-state index contributed by atoms with van der Waals surface area (Å²) >= 11 is 0. The van der Waals surface area contributed by atoms with E-state index in [9.17, 15) is 10.2 Å². The van der Waals surface area contributed by atoms with E-state index in [0.717, 1.165) is 18.2 Å². The Morgan fingerprint density at radius 1 is 1.41 bits per heavy atom. The van der Waals surface area contributed by atoms with Gasteiger partial charge in [0.15, 0.2) is 0 Å². The van der Waals surface area contributed by atoms with Gasteiger partial charge in [-0.2, -0.15) is 0 Å². The molecule has 0 amide bonds. The Balaban J connectivity index is 2.80.